The van der Waals surface area contributed by atoms with E-state index >= 15 is 0 Å². The lowest BCUT2D eigenvalue weighted by Crippen LogP contribution is -2.16. The predicted octanol–water partition coefficient (Wildman–Crippen LogP) is 2.58. The molecule has 1 N–H and O–H groups in total. The summed E-state index contributed by atoms with van der Waals surface area (Å²) in [5, 5.41) is 11.8. The third-order valence-corrected chi connectivity index (χ3v) is 1.92. The maximum atomic E-state index is 8.59. The van der Waals surface area contributed by atoms with Gasteiger partial charge >= 0.3 is 0 Å². The Labute approximate surface area is 96.3 Å². The van der Waals surface area contributed by atoms with Crippen LogP contribution in [0.2, 0.25) is 0 Å². The summed E-state index contributed by atoms with van der Waals surface area (Å²) in [5.41, 5.74) is 0.832. The molecule has 0 aliphatic carbocycles. The molecule has 0 radical (unpaired) electrons. The van der Waals surface area contributed by atoms with Crippen LogP contribution in [-0.2, 0) is 0 Å². The molecule has 0 amide bonds. The van der Waals surface area contributed by atoms with Gasteiger partial charge in [0.2, 0.25) is 5.88 Å². The van der Waals surface area contributed by atoms with Crippen molar-refractivity contribution in [3.05, 3.63) is 18.3 Å². The summed E-state index contributed by atoms with van der Waals surface area (Å²) in [4.78, 5) is 4.16. The molecule has 1 aromatic heterocycles. The van der Waals surface area contributed by atoms with Crippen molar-refractivity contribution in [3.8, 4) is 11.9 Å². The molecule has 0 bridgehead atoms. The van der Waals surface area contributed by atoms with E-state index in [1.165, 1.54) is 0 Å². The Hall–Kier alpha value is -1.76. The standard InChI is InChI=1S/C12H17N3O/c1-9(2)16-12-11(5-4-8-14-12)15-10(3)6-7-13/h4-5,8-10,15H,6H2,1-3H3. The van der Waals surface area contributed by atoms with Crippen molar-refractivity contribution in [2.75, 3.05) is 5.32 Å². The minimum Gasteiger partial charge on any atom is -0.473 e. The van der Waals surface area contributed by atoms with Crippen LogP contribution in [0, 0.1) is 11.3 Å². The highest BCUT2D eigenvalue weighted by molar-refractivity contribution is 5.52. The van der Waals surface area contributed by atoms with E-state index in [-0.39, 0.29) is 12.1 Å². The molecule has 1 atom stereocenters. The fraction of sp³-hybridized carbons (Fsp3) is 0.500. The van der Waals surface area contributed by atoms with Gasteiger partial charge in [-0.2, -0.15) is 5.26 Å². The predicted molar refractivity (Wildman–Crippen MR) is 63.3 cm³/mol. The largest absolute Gasteiger partial charge is 0.473 e. The summed E-state index contributed by atoms with van der Waals surface area (Å²) < 4.78 is 5.57. The van der Waals surface area contributed by atoms with E-state index in [1.54, 1.807) is 6.20 Å². The van der Waals surface area contributed by atoms with Gasteiger partial charge < -0.3 is 10.1 Å². The molecule has 4 heteroatoms. The van der Waals surface area contributed by atoms with E-state index < -0.39 is 0 Å². The van der Waals surface area contributed by atoms with Gasteiger partial charge in [-0.05, 0) is 32.9 Å². The SMILES string of the molecule is CC(CC#N)Nc1cccnc1OC(C)C. The number of hydrogen-bond donors (Lipinski definition) is 1. The van der Waals surface area contributed by atoms with Crippen LogP contribution >= 0.6 is 0 Å². The van der Waals surface area contributed by atoms with E-state index in [2.05, 4.69) is 16.4 Å². The average Bonchev–Trinajstić information content (AvgIpc) is 2.20. The van der Waals surface area contributed by atoms with Crippen LogP contribution in [0.3, 0.4) is 0 Å². The average molecular weight is 219 g/mol. The second-order valence-corrected chi connectivity index (χ2v) is 3.93. The first-order valence-corrected chi connectivity index (χ1v) is 5.38. The van der Waals surface area contributed by atoms with Gasteiger partial charge in [0.05, 0.1) is 24.3 Å². The van der Waals surface area contributed by atoms with Crippen LogP contribution in [0.15, 0.2) is 18.3 Å². The van der Waals surface area contributed by atoms with Crippen molar-refractivity contribution in [2.24, 2.45) is 0 Å². The Balaban J connectivity index is 2.75. The highest BCUT2D eigenvalue weighted by Gasteiger charge is 2.08. The van der Waals surface area contributed by atoms with Gasteiger partial charge in [0.15, 0.2) is 0 Å². The van der Waals surface area contributed by atoms with E-state index in [1.807, 2.05) is 32.9 Å². The van der Waals surface area contributed by atoms with Crippen LogP contribution in [0.25, 0.3) is 0 Å². The number of nitrogens with one attached hydrogen (secondary N) is 1. The Kier molecular flexibility index (Phi) is 4.59. The molecule has 0 aromatic carbocycles. The van der Waals surface area contributed by atoms with Gasteiger partial charge in [0, 0.05) is 12.2 Å². The Morgan fingerprint density at radius 2 is 2.25 bits per heavy atom. The zero-order valence-corrected chi connectivity index (χ0v) is 9.90. The molecule has 0 spiro atoms. The topological polar surface area (TPSA) is 57.9 Å². The Morgan fingerprint density at radius 1 is 1.50 bits per heavy atom. The molecule has 16 heavy (non-hydrogen) atoms. The number of pyridine rings is 1. The van der Waals surface area contributed by atoms with Crippen molar-refractivity contribution in [2.45, 2.75) is 39.3 Å². The summed E-state index contributed by atoms with van der Waals surface area (Å²) in [6.45, 7) is 5.86. The Bertz CT molecular complexity index is 371. The first-order valence-electron chi connectivity index (χ1n) is 5.38. The summed E-state index contributed by atoms with van der Waals surface area (Å²) in [7, 11) is 0. The lowest BCUT2D eigenvalue weighted by atomic mass is 10.2. The van der Waals surface area contributed by atoms with Gasteiger partial charge in [0.25, 0.3) is 0 Å². The smallest absolute Gasteiger partial charge is 0.237 e. The molecular formula is C12H17N3O. The summed E-state index contributed by atoms with van der Waals surface area (Å²) in [5.74, 6) is 0.585. The number of rotatable bonds is 5. The number of hydrogen-bond acceptors (Lipinski definition) is 4. The van der Waals surface area contributed by atoms with Crippen molar-refractivity contribution in [3.63, 3.8) is 0 Å². The van der Waals surface area contributed by atoms with Gasteiger partial charge in [-0.15, -0.1) is 0 Å². The quantitative estimate of drug-likeness (QED) is 0.826. The molecule has 0 aliphatic heterocycles. The van der Waals surface area contributed by atoms with Crippen molar-refractivity contribution in [1.82, 2.24) is 4.98 Å². The Morgan fingerprint density at radius 3 is 2.88 bits per heavy atom. The second-order valence-electron chi connectivity index (χ2n) is 3.93. The molecule has 1 aromatic rings. The number of ether oxygens (including phenoxy) is 1. The van der Waals surface area contributed by atoms with Crippen molar-refractivity contribution in [1.29, 1.82) is 5.26 Å². The van der Waals surface area contributed by atoms with E-state index in [0.29, 0.717) is 12.3 Å². The highest BCUT2D eigenvalue weighted by Crippen LogP contribution is 2.22. The van der Waals surface area contributed by atoms with Crippen LogP contribution in [-0.4, -0.2) is 17.1 Å². The molecule has 0 aliphatic rings. The van der Waals surface area contributed by atoms with Crippen molar-refractivity contribution < 1.29 is 4.74 Å². The molecule has 1 rings (SSSR count). The van der Waals surface area contributed by atoms with E-state index in [4.69, 9.17) is 10.00 Å². The highest BCUT2D eigenvalue weighted by atomic mass is 16.5. The molecular weight excluding hydrogens is 202 g/mol. The molecule has 4 nitrogen and oxygen atoms in total. The maximum Gasteiger partial charge on any atom is 0.237 e. The molecule has 1 heterocycles. The van der Waals surface area contributed by atoms with Crippen LogP contribution in [0.1, 0.15) is 27.2 Å². The number of nitrogens with zero attached hydrogens (tertiary/aromatic N) is 2. The molecule has 1 unspecified atom stereocenters. The summed E-state index contributed by atoms with van der Waals surface area (Å²) in [6.07, 6.45) is 2.23. The van der Waals surface area contributed by atoms with Gasteiger partial charge in [-0.1, -0.05) is 0 Å². The van der Waals surface area contributed by atoms with Crippen LogP contribution < -0.4 is 10.1 Å². The third-order valence-electron chi connectivity index (χ3n) is 1.92. The maximum absolute atomic E-state index is 8.59. The lowest BCUT2D eigenvalue weighted by Gasteiger charge is -2.16. The monoisotopic (exact) mass is 219 g/mol. The zero-order chi connectivity index (χ0) is 12.0. The molecule has 0 saturated heterocycles. The first kappa shape index (κ1) is 12.3. The van der Waals surface area contributed by atoms with Crippen molar-refractivity contribution >= 4 is 5.69 Å². The summed E-state index contributed by atoms with van der Waals surface area (Å²) in [6, 6.07) is 5.95. The number of anilines is 1. The van der Waals surface area contributed by atoms with Crippen LogP contribution in [0.4, 0.5) is 5.69 Å². The zero-order valence-electron chi connectivity index (χ0n) is 9.90. The molecule has 86 valence electrons. The summed E-state index contributed by atoms with van der Waals surface area (Å²) >= 11 is 0. The first-order chi connectivity index (χ1) is 7.63. The van der Waals surface area contributed by atoms with E-state index in [9.17, 15) is 0 Å². The van der Waals surface area contributed by atoms with Gasteiger partial charge in [-0.25, -0.2) is 4.98 Å². The third kappa shape index (κ3) is 3.77. The fourth-order valence-electron chi connectivity index (χ4n) is 1.27. The normalized spacial score (nSPS) is 11.9. The van der Waals surface area contributed by atoms with E-state index in [0.717, 1.165) is 5.69 Å². The minimum atomic E-state index is 0.0849. The fourth-order valence-corrected chi connectivity index (χ4v) is 1.27. The van der Waals surface area contributed by atoms with Crippen LogP contribution in [0.5, 0.6) is 5.88 Å². The van der Waals surface area contributed by atoms with Gasteiger partial charge in [-0.3, -0.25) is 0 Å². The molecule has 0 saturated carbocycles. The molecule has 0 fully saturated rings. The van der Waals surface area contributed by atoms with Gasteiger partial charge in [0.1, 0.15) is 0 Å². The number of aromatic nitrogens is 1. The minimum absolute atomic E-state index is 0.0849. The number of nitriles is 1. The lowest BCUT2D eigenvalue weighted by molar-refractivity contribution is 0.234. The second kappa shape index (κ2) is 5.96.